The van der Waals surface area contributed by atoms with Crippen LogP contribution in [0.1, 0.15) is 17.5 Å². The fourth-order valence-corrected chi connectivity index (χ4v) is 14.3. The van der Waals surface area contributed by atoms with Crippen molar-refractivity contribution in [2.45, 2.75) is 12.8 Å². The molecular formula is C66H40S2. The number of hydrogen-bond acceptors (Lipinski definition) is 2. The molecule has 0 atom stereocenters. The van der Waals surface area contributed by atoms with Crippen molar-refractivity contribution in [3.8, 4) is 44.5 Å². The van der Waals surface area contributed by atoms with Crippen LogP contribution in [0.2, 0.25) is 0 Å². The largest absolute Gasteiger partial charge is 0.135 e. The second-order valence-electron chi connectivity index (χ2n) is 18.5. The van der Waals surface area contributed by atoms with Gasteiger partial charge in [0.05, 0.1) is 0 Å². The van der Waals surface area contributed by atoms with Gasteiger partial charge in [0.1, 0.15) is 0 Å². The van der Waals surface area contributed by atoms with Gasteiger partial charge in [-0.2, -0.15) is 0 Å². The molecule has 0 saturated heterocycles. The molecule has 0 fully saturated rings. The molecule has 0 bridgehead atoms. The summed E-state index contributed by atoms with van der Waals surface area (Å²) in [7, 11) is 0. The Hall–Kier alpha value is -7.88. The number of fused-ring (bicyclic) bond motifs is 18. The zero-order valence-electron chi connectivity index (χ0n) is 37.0. The zero-order valence-corrected chi connectivity index (χ0v) is 38.6. The molecule has 316 valence electrons. The second kappa shape index (κ2) is 14.8. The van der Waals surface area contributed by atoms with Crippen LogP contribution in [-0.4, -0.2) is 0 Å². The third kappa shape index (κ3) is 5.65. The minimum Gasteiger partial charge on any atom is -0.135 e. The molecule has 68 heavy (non-hydrogen) atoms. The lowest BCUT2D eigenvalue weighted by molar-refractivity contribution is 1.00. The van der Waals surface area contributed by atoms with Crippen molar-refractivity contribution < 1.29 is 0 Å². The van der Waals surface area contributed by atoms with Crippen LogP contribution in [0.15, 0.2) is 212 Å². The smallest absolute Gasteiger partial charge is 0.0434 e. The molecule has 0 aliphatic heterocycles. The van der Waals surface area contributed by atoms with E-state index in [1.54, 1.807) is 0 Å². The summed E-state index contributed by atoms with van der Waals surface area (Å²) in [4.78, 5) is 0. The van der Waals surface area contributed by atoms with Crippen molar-refractivity contribution in [3.63, 3.8) is 0 Å². The molecule has 0 unspecified atom stereocenters. The highest BCUT2D eigenvalue weighted by molar-refractivity contribution is 7.26. The Morgan fingerprint density at radius 3 is 1.63 bits per heavy atom. The summed E-state index contributed by atoms with van der Waals surface area (Å²) >= 11 is 3.81. The van der Waals surface area contributed by atoms with Crippen LogP contribution in [0.4, 0.5) is 0 Å². The number of rotatable bonds is 4. The lowest BCUT2D eigenvalue weighted by Crippen LogP contribution is -1.98. The Morgan fingerprint density at radius 2 is 0.809 bits per heavy atom. The highest BCUT2D eigenvalue weighted by atomic mass is 32.1. The average molecular weight is 897 g/mol. The Bertz CT molecular complexity index is 4500. The van der Waals surface area contributed by atoms with Crippen LogP contribution in [0, 0.1) is 0 Å². The number of hydrogen-bond donors (Lipinski definition) is 0. The molecule has 0 spiro atoms. The maximum absolute atomic E-state index is 2.48. The molecule has 0 radical (unpaired) electrons. The van der Waals surface area contributed by atoms with Crippen molar-refractivity contribution in [1.29, 1.82) is 0 Å². The van der Waals surface area contributed by atoms with Crippen molar-refractivity contribution in [3.05, 3.63) is 223 Å². The molecule has 0 nitrogen and oxygen atoms in total. The van der Waals surface area contributed by atoms with Crippen LogP contribution in [0.25, 0.3) is 145 Å². The summed E-state index contributed by atoms with van der Waals surface area (Å²) < 4.78 is 5.31. The molecule has 0 amide bonds. The average Bonchev–Trinajstić information content (AvgIpc) is 3.99. The van der Waals surface area contributed by atoms with Crippen LogP contribution >= 0.6 is 22.7 Å². The predicted octanol–water partition coefficient (Wildman–Crippen LogP) is 19.8. The van der Waals surface area contributed by atoms with E-state index in [-0.39, 0.29) is 0 Å². The van der Waals surface area contributed by atoms with Gasteiger partial charge >= 0.3 is 0 Å². The SMILES string of the molecule is C1=Cc2c(c3ccc(-c4cccc(-c5cc(-c6cccc7c8cc(-c9cccc%10c9sc9ccccc9%10)ccc8c8ccccc8c67)cc6c5sc5ccccc56)c4)cc3c3ccccc23)CC1. The maximum atomic E-state index is 2.48. The van der Waals surface area contributed by atoms with E-state index in [0.717, 1.165) is 12.8 Å². The first-order valence-corrected chi connectivity index (χ1v) is 25.3. The van der Waals surface area contributed by atoms with Gasteiger partial charge in [-0.05, 0) is 159 Å². The second-order valence-corrected chi connectivity index (χ2v) is 20.6. The summed E-state index contributed by atoms with van der Waals surface area (Å²) in [5, 5.41) is 18.4. The molecule has 14 aromatic rings. The molecule has 15 rings (SSSR count). The van der Waals surface area contributed by atoms with Gasteiger partial charge in [0.2, 0.25) is 0 Å². The van der Waals surface area contributed by atoms with Crippen molar-refractivity contribution in [2.75, 3.05) is 0 Å². The van der Waals surface area contributed by atoms with Gasteiger partial charge in [-0.15, -0.1) is 22.7 Å². The third-order valence-electron chi connectivity index (χ3n) is 14.9. The highest BCUT2D eigenvalue weighted by Gasteiger charge is 2.20. The maximum Gasteiger partial charge on any atom is 0.0434 e. The van der Waals surface area contributed by atoms with Gasteiger partial charge < -0.3 is 0 Å². The molecule has 2 heteroatoms. The van der Waals surface area contributed by atoms with Crippen LogP contribution < -0.4 is 0 Å². The first-order chi connectivity index (χ1) is 33.7. The fraction of sp³-hybridized carbons (Fsp3) is 0.0303. The first kappa shape index (κ1) is 38.2. The zero-order chi connectivity index (χ0) is 44.5. The number of thiophene rings is 2. The van der Waals surface area contributed by atoms with Gasteiger partial charge in [0, 0.05) is 45.9 Å². The van der Waals surface area contributed by atoms with Crippen LogP contribution in [0.3, 0.4) is 0 Å². The van der Waals surface area contributed by atoms with Gasteiger partial charge in [-0.3, -0.25) is 0 Å². The van der Waals surface area contributed by atoms with E-state index >= 15 is 0 Å². The Morgan fingerprint density at radius 1 is 0.294 bits per heavy atom. The van der Waals surface area contributed by atoms with E-state index in [2.05, 4.69) is 218 Å². The lowest BCUT2D eigenvalue weighted by Gasteiger charge is -2.19. The highest BCUT2D eigenvalue weighted by Crippen LogP contribution is 2.48. The minimum atomic E-state index is 1.08. The predicted molar refractivity (Wildman–Crippen MR) is 299 cm³/mol. The molecular weight excluding hydrogens is 857 g/mol. The van der Waals surface area contributed by atoms with Gasteiger partial charge in [0.25, 0.3) is 0 Å². The Kier molecular flexibility index (Phi) is 8.33. The van der Waals surface area contributed by atoms with Crippen molar-refractivity contribution >= 4 is 123 Å². The molecule has 0 saturated carbocycles. The number of aryl methyl sites for hydroxylation is 1. The monoisotopic (exact) mass is 896 g/mol. The summed E-state index contributed by atoms with van der Waals surface area (Å²) in [6.07, 6.45) is 6.84. The standard InChI is InChI=1S/C66H40S2/c1-2-18-48-46(16-1)47-17-3-4-20-50(47)59-35-40(30-32-51(48)59)39-14-11-15-41(34-39)58-37-43(38-61-54-22-8-10-29-63(54)68-66(58)61)44-24-12-26-56-60-36-42(31-33-52(60)49-19-5-6-23-55(49)64(44)56)45-25-13-27-57-53-21-7-9-28-62(53)67-65(45)57/h1,3-17,19-38H,2,18H2. The summed E-state index contributed by atoms with van der Waals surface area (Å²) in [5.74, 6) is 0. The summed E-state index contributed by atoms with van der Waals surface area (Å²) in [5.41, 5.74) is 12.9. The molecule has 12 aromatic carbocycles. The van der Waals surface area contributed by atoms with E-state index in [1.165, 1.54) is 150 Å². The molecule has 2 aromatic heterocycles. The fourth-order valence-electron chi connectivity index (χ4n) is 11.8. The van der Waals surface area contributed by atoms with Gasteiger partial charge in [0.15, 0.2) is 0 Å². The van der Waals surface area contributed by atoms with Gasteiger partial charge in [-0.25, -0.2) is 0 Å². The van der Waals surface area contributed by atoms with E-state index < -0.39 is 0 Å². The minimum absolute atomic E-state index is 1.08. The molecule has 2 heterocycles. The molecule has 1 aliphatic rings. The van der Waals surface area contributed by atoms with E-state index in [1.807, 2.05) is 22.7 Å². The van der Waals surface area contributed by atoms with E-state index in [9.17, 15) is 0 Å². The summed E-state index contributed by atoms with van der Waals surface area (Å²) in [6, 6.07) is 78.1. The van der Waals surface area contributed by atoms with Crippen molar-refractivity contribution in [2.24, 2.45) is 0 Å². The Balaban J connectivity index is 0.946. The number of allylic oxidation sites excluding steroid dienone is 1. The first-order valence-electron chi connectivity index (χ1n) is 23.7. The van der Waals surface area contributed by atoms with Crippen LogP contribution in [0.5, 0.6) is 0 Å². The Labute approximate surface area is 401 Å². The van der Waals surface area contributed by atoms with Crippen LogP contribution in [-0.2, 0) is 6.42 Å². The quantitative estimate of drug-likeness (QED) is 0.154. The lowest BCUT2D eigenvalue weighted by atomic mass is 9.85. The normalized spacial score (nSPS) is 12.8. The third-order valence-corrected chi connectivity index (χ3v) is 17.3. The topological polar surface area (TPSA) is 0 Å². The van der Waals surface area contributed by atoms with Crippen molar-refractivity contribution in [1.82, 2.24) is 0 Å². The number of benzene rings is 12. The molecule has 0 N–H and O–H groups in total. The van der Waals surface area contributed by atoms with E-state index in [4.69, 9.17) is 0 Å². The summed E-state index contributed by atoms with van der Waals surface area (Å²) in [6.45, 7) is 0. The van der Waals surface area contributed by atoms with Gasteiger partial charge in [-0.1, -0.05) is 176 Å². The van der Waals surface area contributed by atoms with E-state index in [0.29, 0.717) is 0 Å². The molecule has 1 aliphatic carbocycles.